The Kier molecular flexibility index (Phi) is 7.69. The van der Waals surface area contributed by atoms with Gasteiger partial charge in [0.1, 0.15) is 5.71 Å². The van der Waals surface area contributed by atoms with E-state index < -0.39 is 47.9 Å². The Bertz CT molecular complexity index is 1090. The minimum absolute atomic E-state index is 0.0117. The Balaban J connectivity index is 0.936. The van der Waals surface area contributed by atoms with Gasteiger partial charge in [0.05, 0.1) is 13.2 Å². The van der Waals surface area contributed by atoms with Crippen molar-refractivity contribution in [2.75, 3.05) is 13.2 Å². The lowest BCUT2D eigenvalue weighted by molar-refractivity contribution is -0.577. The molecule has 0 aromatic heterocycles. The van der Waals surface area contributed by atoms with Crippen LogP contribution in [0, 0.1) is 47.3 Å². The van der Waals surface area contributed by atoms with Gasteiger partial charge in [0.15, 0.2) is 36.4 Å². The number of hydrogen-bond donors (Lipinski definition) is 1. The van der Waals surface area contributed by atoms with Crippen molar-refractivity contribution in [1.82, 2.24) is 0 Å². The highest BCUT2D eigenvalue weighted by Gasteiger charge is 2.71. The molecule has 10 fully saturated rings. The molecule has 0 amide bonds. The van der Waals surface area contributed by atoms with Crippen molar-refractivity contribution < 1.29 is 53.2 Å². The van der Waals surface area contributed by atoms with Gasteiger partial charge in [0.25, 0.3) is 0 Å². The quantitative estimate of drug-likeness (QED) is 0.177. The summed E-state index contributed by atoms with van der Waals surface area (Å²) in [6.07, 6.45) is 5.28. The zero-order chi connectivity index (χ0) is 31.4. The van der Waals surface area contributed by atoms with E-state index in [1.54, 1.807) is 0 Å². The highest BCUT2D eigenvalue weighted by Crippen LogP contribution is 2.62. The number of fused-ring (bicyclic) bond motifs is 4. The smallest absolute Gasteiger partial charge is 0.201 e. The van der Waals surface area contributed by atoms with Gasteiger partial charge in [-0.1, -0.05) is 32.9 Å². The Hall–Kier alpha value is -0.930. The second kappa shape index (κ2) is 11.0. The average molecular weight is 638 g/mol. The van der Waals surface area contributed by atoms with E-state index in [0.717, 1.165) is 51.4 Å². The molecule has 10 aliphatic rings. The summed E-state index contributed by atoms with van der Waals surface area (Å²) >= 11 is 0. The van der Waals surface area contributed by atoms with Crippen LogP contribution in [0.1, 0.15) is 92.9 Å². The third kappa shape index (κ3) is 4.64. The van der Waals surface area contributed by atoms with E-state index in [1.165, 1.54) is 0 Å². The fraction of sp³-hybridized carbons (Fsp3) is 0.970. The van der Waals surface area contributed by atoms with E-state index in [-0.39, 0.29) is 48.7 Å². The fourth-order valence-electron chi connectivity index (χ4n) is 10.6. The van der Waals surface area contributed by atoms with Gasteiger partial charge in [-0.05, 0) is 76.0 Å². The molecular formula is C33H51NO11. The van der Waals surface area contributed by atoms with Crippen LogP contribution in [0.15, 0.2) is 5.16 Å². The molecule has 45 heavy (non-hydrogen) atoms. The lowest BCUT2D eigenvalue weighted by Crippen LogP contribution is -2.70. The van der Waals surface area contributed by atoms with Crippen LogP contribution in [0.2, 0.25) is 0 Å². The molecule has 1 N–H and O–H groups in total. The molecule has 12 nitrogen and oxygen atoms in total. The summed E-state index contributed by atoms with van der Waals surface area (Å²) in [5, 5.41) is 13.5. The number of ether oxygens (including phenoxy) is 6. The summed E-state index contributed by atoms with van der Waals surface area (Å²) in [4.78, 5) is 24.3. The van der Waals surface area contributed by atoms with Crippen LogP contribution in [0.3, 0.4) is 0 Å². The number of oxime groups is 1. The molecule has 0 aromatic carbocycles. The van der Waals surface area contributed by atoms with Crippen LogP contribution >= 0.6 is 0 Å². The van der Waals surface area contributed by atoms with Crippen LogP contribution in [0.5, 0.6) is 0 Å². The molecule has 8 aliphatic heterocycles. The first-order valence-corrected chi connectivity index (χ1v) is 17.3. The third-order valence-electron chi connectivity index (χ3n) is 13.2. The molecule has 0 aromatic rings. The molecule has 12 heteroatoms. The zero-order valence-corrected chi connectivity index (χ0v) is 27.5. The maximum atomic E-state index is 9.97. The van der Waals surface area contributed by atoms with Crippen molar-refractivity contribution in [2.24, 2.45) is 52.5 Å². The first kappa shape index (κ1) is 31.3. The molecule has 10 rings (SSSR count). The van der Waals surface area contributed by atoms with E-state index in [1.807, 2.05) is 13.8 Å². The monoisotopic (exact) mass is 637 g/mol. The summed E-state index contributed by atoms with van der Waals surface area (Å²) < 4.78 is 38.6. The molecule has 254 valence electrons. The van der Waals surface area contributed by atoms with Gasteiger partial charge in [0, 0.05) is 36.5 Å². The van der Waals surface area contributed by atoms with Crippen LogP contribution in [0.4, 0.5) is 0 Å². The van der Waals surface area contributed by atoms with Crippen molar-refractivity contribution in [2.45, 2.75) is 141 Å². The Labute approximate surface area is 265 Å². The number of hydrogen-bond acceptors (Lipinski definition) is 12. The van der Waals surface area contributed by atoms with Gasteiger partial charge in [-0.3, -0.25) is 0 Å². The van der Waals surface area contributed by atoms with E-state index in [0.29, 0.717) is 17.5 Å². The maximum absolute atomic E-state index is 9.97. The molecule has 2 aliphatic carbocycles. The molecule has 0 unspecified atom stereocenters. The van der Waals surface area contributed by atoms with E-state index in [4.69, 9.17) is 48.0 Å². The van der Waals surface area contributed by atoms with Crippen LogP contribution < -0.4 is 0 Å². The molecular weight excluding hydrogens is 586 g/mol. The fourth-order valence-corrected chi connectivity index (χ4v) is 10.6. The van der Waals surface area contributed by atoms with Gasteiger partial charge < -0.3 is 33.6 Å². The Morgan fingerprint density at radius 3 is 1.51 bits per heavy atom. The van der Waals surface area contributed by atoms with Gasteiger partial charge in [-0.15, -0.1) is 0 Å². The molecule has 2 saturated carbocycles. The summed E-state index contributed by atoms with van der Waals surface area (Å²) in [6, 6.07) is 0. The molecule has 8 heterocycles. The van der Waals surface area contributed by atoms with Crippen molar-refractivity contribution in [3.8, 4) is 0 Å². The van der Waals surface area contributed by atoms with Gasteiger partial charge in [-0.2, -0.15) is 0 Å². The summed E-state index contributed by atoms with van der Waals surface area (Å²) in [7, 11) is 0. The second-order valence-electron chi connectivity index (χ2n) is 15.8. The summed E-state index contributed by atoms with van der Waals surface area (Å²) in [5.41, 5.74) is -0.967. The highest BCUT2D eigenvalue weighted by atomic mass is 17.3. The summed E-state index contributed by atoms with van der Waals surface area (Å²) in [6.45, 7) is 12.8. The average Bonchev–Trinajstić information content (AvgIpc) is 3.39. The standard InChI is InChI=1S/C33H51NO11/c1-17-7-9-24-19(3)26(38-28-32(24)22(17)11-13-30(5,40-28)42-44-32)36-15-21(34-35)16-37-27-20(4)25-10-8-18(2)23-12-14-31(6)41-29(39-27)33(23,25)45-43-31/h17-20,22-29,35H,7-16H2,1-6H3/t17-,18-,19-,20-,22+,23+,24+,25+,26+,27+,28-,29-,30-,31-,32-,33-/m1/s1. The van der Waals surface area contributed by atoms with Crippen molar-refractivity contribution in [3.63, 3.8) is 0 Å². The first-order chi connectivity index (χ1) is 21.5. The van der Waals surface area contributed by atoms with Crippen molar-refractivity contribution in [3.05, 3.63) is 0 Å². The Morgan fingerprint density at radius 2 is 1.09 bits per heavy atom. The highest BCUT2D eigenvalue weighted by molar-refractivity contribution is 5.86. The lowest BCUT2D eigenvalue weighted by Gasteiger charge is -2.60. The summed E-state index contributed by atoms with van der Waals surface area (Å²) in [5.74, 6) is 0.135. The van der Waals surface area contributed by atoms with Gasteiger partial charge in [-0.25, -0.2) is 19.6 Å². The number of nitrogens with zero attached hydrogens (tertiary/aromatic N) is 1. The molecule has 0 radical (unpaired) electrons. The van der Waals surface area contributed by atoms with Crippen molar-refractivity contribution >= 4 is 5.71 Å². The second-order valence-corrected chi connectivity index (χ2v) is 15.8. The minimum Gasteiger partial charge on any atom is -0.411 e. The molecule has 16 atom stereocenters. The van der Waals surface area contributed by atoms with E-state index in [2.05, 4.69) is 32.9 Å². The predicted octanol–water partition coefficient (Wildman–Crippen LogP) is 5.27. The maximum Gasteiger partial charge on any atom is 0.201 e. The normalized spacial score (nSPS) is 56.5. The first-order valence-electron chi connectivity index (χ1n) is 17.3. The van der Waals surface area contributed by atoms with Crippen LogP contribution in [-0.4, -0.2) is 72.1 Å². The topological polar surface area (TPSA) is 125 Å². The van der Waals surface area contributed by atoms with Gasteiger partial charge >= 0.3 is 0 Å². The molecule has 2 spiro atoms. The van der Waals surface area contributed by atoms with Crippen LogP contribution in [-0.2, 0) is 48.0 Å². The predicted molar refractivity (Wildman–Crippen MR) is 155 cm³/mol. The largest absolute Gasteiger partial charge is 0.411 e. The van der Waals surface area contributed by atoms with Crippen LogP contribution in [0.25, 0.3) is 0 Å². The Morgan fingerprint density at radius 1 is 0.644 bits per heavy atom. The number of rotatable bonds is 6. The van der Waals surface area contributed by atoms with E-state index in [9.17, 15) is 5.21 Å². The zero-order valence-electron chi connectivity index (χ0n) is 27.5. The van der Waals surface area contributed by atoms with E-state index >= 15 is 0 Å². The van der Waals surface area contributed by atoms with Gasteiger partial charge in [0.2, 0.25) is 11.6 Å². The minimum atomic E-state index is -0.852. The molecule has 8 saturated heterocycles. The SMILES string of the molecule is C[C@H]1[C@@H](OCC(CO[C@H]2O[C@@H]3O[C@@]4(C)CC[C@H]5[C@H](C)CC[C@@H]([C@H]2C)[C@@]35OO4)=NO)O[C@@H]2O[C@@]3(C)CC[C@H]4[C@H](C)CC[C@@H]1[C@@]24OO3. The molecule has 4 bridgehead atoms. The lowest BCUT2D eigenvalue weighted by atomic mass is 9.58. The third-order valence-corrected chi connectivity index (χ3v) is 13.2. The van der Waals surface area contributed by atoms with Crippen molar-refractivity contribution in [1.29, 1.82) is 0 Å².